The SMILES string of the molecule is Cc1ccc(CNC(=O)c2ccc3c(n2)N(Cc2c(F)cccc2Cl)C(=O)C(C)S3)o1. The summed E-state index contributed by atoms with van der Waals surface area (Å²) in [4.78, 5) is 32.1. The second-order valence-corrected chi connectivity index (χ2v) is 8.89. The number of pyridine rings is 1. The lowest BCUT2D eigenvalue weighted by molar-refractivity contribution is -0.118. The molecule has 31 heavy (non-hydrogen) atoms. The van der Waals surface area contributed by atoms with Gasteiger partial charge in [-0.05, 0) is 50.2 Å². The molecule has 1 aliphatic rings. The van der Waals surface area contributed by atoms with Gasteiger partial charge in [0.25, 0.3) is 5.91 Å². The normalized spacial score (nSPS) is 15.7. The van der Waals surface area contributed by atoms with Crippen LogP contribution < -0.4 is 10.2 Å². The standard InChI is InChI=1S/C22H19ClFN3O3S/c1-12-6-7-14(30-12)10-25-21(28)18-8-9-19-20(26-18)27(22(29)13(2)31-19)11-15-16(23)4-3-5-17(15)24/h3-9,13H,10-11H2,1-2H3,(H,25,28). The minimum atomic E-state index is -0.504. The van der Waals surface area contributed by atoms with Gasteiger partial charge in [-0.3, -0.25) is 14.5 Å². The van der Waals surface area contributed by atoms with Crippen LogP contribution in [-0.4, -0.2) is 22.0 Å². The molecule has 1 aliphatic heterocycles. The molecule has 1 aromatic carbocycles. The Kier molecular flexibility index (Phi) is 6.02. The van der Waals surface area contributed by atoms with E-state index in [2.05, 4.69) is 10.3 Å². The molecule has 0 radical (unpaired) electrons. The number of anilines is 1. The fourth-order valence-electron chi connectivity index (χ4n) is 3.24. The van der Waals surface area contributed by atoms with E-state index in [1.165, 1.54) is 28.8 Å². The van der Waals surface area contributed by atoms with Crippen molar-refractivity contribution < 1.29 is 18.4 Å². The number of nitrogens with one attached hydrogen (secondary N) is 1. The van der Waals surface area contributed by atoms with Gasteiger partial charge in [0, 0.05) is 10.6 Å². The Balaban J connectivity index is 1.62. The number of carbonyl (C=O) groups is 2. The van der Waals surface area contributed by atoms with Crippen molar-refractivity contribution in [3.05, 3.63) is 76.1 Å². The van der Waals surface area contributed by atoms with Crippen LogP contribution in [0.25, 0.3) is 0 Å². The van der Waals surface area contributed by atoms with E-state index in [4.69, 9.17) is 16.0 Å². The number of rotatable bonds is 5. The van der Waals surface area contributed by atoms with Crippen LogP contribution in [0.5, 0.6) is 0 Å². The first-order valence-electron chi connectivity index (χ1n) is 9.59. The summed E-state index contributed by atoms with van der Waals surface area (Å²) in [5, 5.41) is 2.60. The minimum absolute atomic E-state index is 0.0774. The van der Waals surface area contributed by atoms with Crippen molar-refractivity contribution in [3.63, 3.8) is 0 Å². The molecule has 1 unspecified atom stereocenters. The van der Waals surface area contributed by atoms with Crippen molar-refractivity contribution in [2.24, 2.45) is 0 Å². The van der Waals surface area contributed by atoms with Gasteiger partial charge in [0.2, 0.25) is 5.91 Å². The number of carbonyl (C=O) groups excluding carboxylic acids is 2. The second kappa shape index (κ2) is 8.72. The van der Waals surface area contributed by atoms with E-state index in [-0.39, 0.29) is 40.5 Å². The predicted octanol–water partition coefficient (Wildman–Crippen LogP) is 4.73. The molecule has 1 atom stereocenters. The third-order valence-corrected chi connectivity index (χ3v) is 6.32. The molecule has 0 aliphatic carbocycles. The number of fused-ring (bicyclic) bond motifs is 1. The first kappa shape index (κ1) is 21.4. The molecule has 1 N–H and O–H groups in total. The predicted molar refractivity (Wildman–Crippen MR) is 117 cm³/mol. The van der Waals surface area contributed by atoms with Crippen molar-refractivity contribution >= 4 is 41.0 Å². The highest BCUT2D eigenvalue weighted by Crippen LogP contribution is 2.39. The summed E-state index contributed by atoms with van der Waals surface area (Å²) in [7, 11) is 0. The smallest absolute Gasteiger partial charge is 0.270 e. The Hall–Kier alpha value is -2.84. The van der Waals surface area contributed by atoms with Crippen LogP contribution in [-0.2, 0) is 17.9 Å². The number of aryl methyl sites for hydroxylation is 1. The molecule has 0 fully saturated rings. The summed E-state index contributed by atoms with van der Waals surface area (Å²) in [5.41, 5.74) is 0.349. The molecule has 3 aromatic rings. The maximum Gasteiger partial charge on any atom is 0.270 e. The van der Waals surface area contributed by atoms with E-state index in [9.17, 15) is 14.0 Å². The fraction of sp³-hybridized carbons (Fsp3) is 0.227. The van der Waals surface area contributed by atoms with Crippen LogP contribution in [0.4, 0.5) is 10.2 Å². The molecule has 160 valence electrons. The zero-order chi connectivity index (χ0) is 22.1. The van der Waals surface area contributed by atoms with Gasteiger partial charge in [-0.2, -0.15) is 0 Å². The quantitative estimate of drug-likeness (QED) is 0.596. The van der Waals surface area contributed by atoms with Gasteiger partial charge < -0.3 is 9.73 Å². The molecule has 0 saturated carbocycles. The summed E-state index contributed by atoms with van der Waals surface area (Å²) in [6.07, 6.45) is 0. The highest BCUT2D eigenvalue weighted by atomic mass is 35.5. The molecule has 0 bridgehead atoms. The third-order valence-electron chi connectivity index (χ3n) is 4.84. The van der Waals surface area contributed by atoms with Crippen LogP contribution in [0.15, 0.2) is 51.8 Å². The van der Waals surface area contributed by atoms with Crippen LogP contribution >= 0.6 is 23.4 Å². The van der Waals surface area contributed by atoms with Crippen LogP contribution in [0, 0.1) is 12.7 Å². The van der Waals surface area contributed by atoms with Gasteiger partial charge in [0.1, 0.15) is 28.8 Å². The van der Waals surface area contributed by atoms with Crippen LogP contribution in [0.1, 0.15) is 34.5 Å². The lowest BCUT2D eigenvalue weighted by Gasteiger charge is -2.31. The number of thioether (sulfide) groups is 1. The lowest BCUT2D eigenvalue weighted by atomic mass is 10.1. The Morgan fingerprint density at radius 2 is 2.10 bits per heavy atom. The summed E-state index contributed by atoms with van der Waals surface area (Å²) in [5.74, 6) is 0.552. The highest BCUT2D eigenvalue weighted by molar-refractivity contribution is 8.00. The number of hydrogen-bond acceptors (Lipinski definition) is 5. The Morgan fingerprint density at radius 3 is 2.81 bits per heavy atom. The summed E-state index contributed by atoms with van der Waals surface area (Å²) in [6.45, 7) is 3.73. The number of aromatic nitrogens is 1. The average molecular weight is 460 g/mol. The lowest BCUT2D eigenvalue weighted by Crippen LogP contribution is -2.40. The maximum atomic E-state index is 14.4. The third kappa shape index (κ3) is 4.45. The van der Waals surface area contributed by atoms with E-state index in [0.717, 1.165) is 10.7 Å². The number of halogens is 2. The van der Waals surface area contributed by atoms with Crippen molar-refractivity contribution in [1.82, 2.24) is 10.3 Å². The van der Waals surface area contributed by atoms with E-state index in [0.29, 0.717) is 11.6 Å². The van der Waals surface area contributed by atoms with Crippen LogP contribution in [0.2, 0.25) is 5.02 Å². The van der Waals surface area contributed by atoms with Crippen molar-refractivity contribution in [1.29, 1.82) is 0 Å². The Bertz CT molecular complexity index is 1150. The van der Waals surface area contributed by atoms with Crippen molar-refractivity contribution in [2.75, 3.05) is 4.90 Å². The van der Waals surface area contributed by atoms with E-state index in [1.807, 2.05) is 13.0 Å². The Morgan fingerprint density at radius 1 is 1.29 bits per heavy atom. The van der Waals surface area contributed by atoms with E-state index in [1.54, 1.807) is 31.2 Å². The summed E-state index contributed by atoms with van der Waals surface area (Å²) < 4.78 is 19.8. The molecule has 2 aromatic heterocycles. The largest absolute Gasteiger partial charge is 0.465 e. The molecule has 0 saturated heterocycles. The topological polar surface area (TPSA) is 75.4 Å². The zero-order valence-electron chi connectivity index (χ0n) is 16.8. The molecular weight excluding hydrogens is 441 g/mol. The first-order valence-corrected chi connectivity index (χ1v) is 10.8. The van der Waals surface area contributed by atoms with E-state index >= 15 is 0 Å². The van der Waals surface area contributed by atoms with Crippen LogP contribution in [0.3, 0.4) is 0 Å². The Labute approximate surface area is 187 Å². The van der Waals surface area contributed by atoms with Gasteiger partial charge in [0.15, 0.2) is 0 Å². The van der Waals surface area contributed by atoms with E-state index < -0.39 is 11.7 Å². The molecule has 2 amide bonds. The molecule has 4 rings (SSSR count). The summed E-state index contributed by atoms with van der Waals surface area (Å²) in [6, 6.07) is 11.3. The molecule has 0 spiro atoms. The molecular formula is C22H19ClFN3O3S. The van der Waals surface area contributed by atoms with Crippen molar-refractivity contribution in [3.8, 4) is 0 Å². The van der Waals surface area contributed by atoms with Crippen molar-refractivity contribution in [2.45, 2.75) is 37.1 Å². The molecule has 6 nitrogen and oxygen atoms in total. The van der Waals surface area contributed by atoms with Gasteiger partial charge in [-0.25, -0.2) is 9.37 Å². The van der Waals surface area contributed by atoms with Gasteiger partial charge in [0.05, 0.1) is 23.2 Å². The number of benzene rings is 1. The monoisotopic (exact) mass is 459 g/mol. The number of furan rings is 1. The first-order chi connectivity index (χ1) is 14.8. The molecule has 9 heteroatoms. The maximum absolute atomic E-state index is 14.4. The number of amides is 2. The minimum Gasteiger partial charge on any atom is -0.465 e. The van der Waals surface area contributed by atoms with Gasteiger partial charge >= 0.3 is 0 Å². The van der Waals surface area contributed by atoms with Gasteiger partial charge in [-0.15, -0.1) is 11.8 Å². The average Bonchev–Trinajstić information content (AvgIpc) is 3.16. The fourth-order valence-corrected chi connectivity index (χ4v) is 4.48. The van der Waals surface area contributed by atoms with Gasteiger partial charge in [-0.1, -0.05) is 17.7 Å². The second-order valence-electron chi connectivity index (χ2n) is 7.10. The highest BCUT2D eigenvalue weighted by Gasteiger charge is 2.33. The summed E-state index contributed by atoms with van der Waals surface area (Å²) >= 11 is 7.52. The molecule has 3 heterocycles. The zero-order valence-corrected chi connectivity index (χ0v) is 18.4. The number of hydrogen-bond donors (Lipinski definition) is 1. The number of nitrogens with zero attached hydrogens (tertiary/aromatic N) is 2.